The van der Waals surface area contributed by atoms with E-state index in [1.807, 2.05) is 36.5 Å². The molecule has 3 aromatic heterocycles. The molecule has 0 saturated carbocycles. The lowest BCUT2D eigenvalue weighted by Crippen LogP contribution is -2.74. The Hall–Kier alpha value is -9.93. The van der Waals surface area contributed by atoms with Gasteiger partial charge in [0.25, 0.3) is 6.33 Å². The van der Waals surface area contributed by atoms with Gasteiger partial charge in [0, 0.05) is 27.1 Å². The highest BCUT2D eigenvalue weighted by atomic mass is 28.3. The van der Waals surface area contributed by atoms with Crippen molar-refractivity contribution in [3.63, 3.8) is 0 Å². The molecule has 14 aromatic rings. The van der Waals surface area contributed by atoms with Gasteiger partial charge in [-0.2, -0.15) is 0 Å². The van der Waals surface area contributed by atoms with E-state index in [2.05, 4.69) is 309 Å². The third kappa shape index (κ3) is 9.59. The van der Waals surface area contributed by atoms with Gasteiger partial charge in [0.2, 0.25) is 0 Å². The molecule has 11 aromatic carbocycles. The fourth-order valence-corrected chi connectivity index (χ4v) is 20.1. The smallest absolute Gasteiger partial charge is 0.269 e. The normalized spacial score (nSPS) is 12.7. The maximum atomic E-state index is 9.20. The van der Waals surface area contributed by atoms with Crippen molar-refractivity contribution in [3.05, 3.63) is 309 Å². The number of aryl methyl sites for hydroxylation is 1. The van der Waals surface area contributed by atoms with Gasteiger partial charge >= 0.3 is 0 Å². The van der Waals surface area contributed by atoms with Crippen molar-refractivity contribution >= 4 is 80.1 Å². The summed E-state index contributed by atoms with van der Waals surface area (Å²) >= 11 is 0. The third-order valence-electron chi connectivity index (χ3n) is 17.3. The zero-order chi connectivity index (χ0) is 61.1. The average Bonchev–Trinajstić information content (AvgIpc) is 1.72. The van der Waals surface area contributed by atoms with Crippen LogP contribution in [-0.2, 0) is 5.41 Å². The van der Waals surface area contributed by atoms with Crippen molar-refractivity contribution in [2.45, 2.75) is 46.1 Å². The van der Waals surface area contributed by atoms with Crippen LogP contribution < -0.4 is 40.4 Å². The molecule has 14 rings (SSSR count). The predicted octanol–water partition coefficient (Wildman–Crippen LogP) is 15.1. The van der Waals surface area contributed by atoms with Gasteiger partial charge in [-0.3, -0.25) is 13.7 Å². The van der Waals surface area contributed by atoms with Crippen molar-refractivity contribution in [1.82, 2.24) is 14.1 Å². The van der Waals surface area contributed by atoms with Crippen molar-refractivity contribution in [2.75, 3.05) is 0 Å². The van der Waals surface area contributed by atoms with Gasteiger partial charge < -0.3 is 4.74 Å². The quantitative estimate of drug-likeness (QED) is 0.0499. The molecule has 0 aliphatic heterocycles. The Morgan fingerprint density at radius 1 is 0.465 bits per heavy atom. The number of hydrogen-bond acceptors (Lipinski definition) is 2. The Kier molecular flexibility index (Phi) is 12.9. The minimum Gasteiger partial charge on any atom is -0.458 e. The molecule has 0 radical (unpaired) electrons. The summed E-state index contributed by atoms with van der Waals surface area (Å²) < 4.78 is 41.0. The molecule has 0 N–H and O–H groups in total. The predicted molar refractivity (Wildman–Crippen MR) is 363 cm³/mol. The van der Waals surface area contributed by atoms with Crippen LogP contribution in [0.25, 0.3) is 72.3 Å². The molecule has 0 bridgehead atoms. The van der Waals surface area contributed by atoms with E-state index in [1.165, 1.54) is 36.7 Å². The lowest BCUT2D eigenvalue weighted by Gasteiger charge is -2.34. The van der Waals surface area contributed by atoms with Crippen LogP contribution in [0.4, 0.5) is 0 Å². The minimum atomic E-state index is -3.06. The van der Waals surface area contributed by atoms with Gasteiger partial charge in [0.1, 0.15) is 25.4 Å². The van der Waals surface area contributed by atoms with E-state index in [0.717, 1.165) is 72.3 Å². The van der Waals surface area contributed by atoms with Crippen LogP contribution in [0.3, 0.4) is 0 Å². The zero-order valence-corrected chi connectivity index (χ0v) is 50.9. The van der Waals surface area contributed by atoms with Crippen LogP contribution in [-0.4, -0.2) is 30.3 Å². The molecule has 0 fully saturated rings. The monoisotopic (exact) mass is 1150 g/mol. The summed E-state index contributed by atoms with van der Waals surface area (Å²) in [5, 5.41) is 9.70. The highest BCUT2D eigenvalue weighted by Gasteiger charge is 2.41. The number of aromatic nitrogens is 4. The fraction of sp³-hybridized carbons (Fsp3) is 0.0886. The number of nitrogens with zero attached hydrogens (tertiary/aromatic N) is 4. The van der Waals surface area contributed by atoms with Gasteiger partial charge in [0.15, 0.2) is 8.07 Å². The third-order valence-corrected chi connectivity index (χ3v) is 25.6. The van der Waals surface area contributed by atoms with E-state index in [1.54, 1.807) is 0 Å². The van der Waals surface area contributed by atoms with Gasteiger partial charge in [0.05, 0.1) is 33.4 Å². The SMILES string of the molecule is [2H]C([2H])([2H])c1cc(-c2cccc([Si](C)(C)c3ccccc3)c2)c(-[n+]2[c-]n(-c3cccc(Oc4ccc5c6ccccc6n(-c6cc(C(C)(C)C)ccn6)c5c4)c3)c3ccccc32)c(-c2cccc([Si](c3ccccc3)(c3ccccc3)c3ccccc3)c2)c1. The number of hydrogen-bond donors (Lipinski definition) is 0. The van der Waals surface area contributed by atoms with E-state index in [4.69, 9.17) is 9.72 Å². The number of rotatable bonds is 13. The summed E-state index contributed by atoms with van der Waals surface area (Å²) in [6.07, 6.45) is 5.81. The second kappa shape index (κ2) is 21.9. The molecule has 0 spiro atoms. The van der Waals surface area contributed by atoms with Crippen LogP contribution in [0.15, 0.2) is 291 Å². The molecule has 0 amide bonds. The second-order valence-electron chi connectivity index (χ2n) is 24.0. The first-order valence-corrected chi connectivity index (χ1v) is 34.5. The second-order valence-corrected chi connectivity index (χ2v) is 32.2. The summed E-state index contributed by atoms with van der Waals surface area (Å²) in [7, 11) is -5.33. The summed E-state index contributed by atoms with van der Waals surface area (Å²) in [4.78, 5) is 4.93. The van der Waals surface area contributed by atoms with Gasteiger partial charge in [-0.15, -0.1) is 0 Å². The Balaban J connectivity index is 0.973. The van der Waals surface area contributed by atoms with E-state index < -0.39 is 23.0 Å². The fourth-order valence-electron chi connectivity index (χ4n) is 12.9. The highest BCUT2D eigenvalue weighted by Crippen LogP contribution is 2.39. The number of imidazole rings is 1. The van der Waals surface area contributed by atoms with Crippen LogP contribution >= 0.6 is 0 Å². The molecule has 416 valence electrons. The summed E-state index contributed by atoms with van der Waals surface area (Å²) in [6, 6.07) is 101. The van der Waals surface area contributed by atoms with Gasteiger partial charge in [-0.25, -0.2) is 4.98 Å². The molecular weight excluding hydrogens is 1080 g/mol. The van der Waals surface area contributed by atoms with E-state index in [-0.39, 0.29) is 11.0 Å². The molecular formula is C79H66N4OSi2. The molecule has 0 unspecified atom stereocenters. The molecule has 86 heavy (non-hydrogen) atoms. The van der Waals surface area contributed by atoms with Crippen molar-refractivity contribution in [3.8, 4) is 50.9 Å². The lowest BCUT2D eigenvalue weighted by molar-refractivity contribution is -0.571. The molecule has 3 heterocycles. The maximum Gasteiger partial charge on any atom is 0.269 e. The van der Waals surface area contributed by atoms with Gasteiger partial charge in [-0.05, 0) is 109 Å². The standard InChI is InChI=1S/C79H66N4OSi2/c1-56-48-71(57-26-23-38-67(50-57)85(5,6)63-30-11-7-12-31-63)78(72(49-56)58-27-24-39-68(51-58)86(64-32-13-8-14-33-64,65-34-15-9-16-35-65)66-36-17-10-18-37-66)82-55-81(74-42-21-22-43-75(74)82)60-28-25-29-61(53-60)84-62-44-45-70-69-40-19-20-41-73(69)83(76(70)54-62)77-52-59(46-47-80-77)79(2,3)4/h7-54H,1-6H3/i1D3. The molecule has 5 nitrogen and oxygen atoms in total. The van der Waals surface area contributed by atoms with Crippen LogP contribution in [0.2, 0.25) is 13.1 Å². The number of fused-ring (bicyclic) bond motifs is 4. The lowest BCUT2D eigenvalue weighted by atomic mass is 9.88. The van der Waals surface area contributed by atoms with E-state index >= 15 is 0 Å². The van der Waals surface area contributed by atoms with E-state index in [9.17, 15) is 4.11 Å². The highest BCUT2D eigenvalue weighted by molar-refractivity contribution is 7.20. The zero-order valence-electron chi connectivity index (χ0n) is 51.9. The molecule has 0 saturated heterocycles. The summed E-state index contributed by atoms with van der Waals surface area (Å²) in [5.74, 6) is 2.19. The Labute approximate surface area is 510 Å². The molecule has 7 heteroatoms. The van der Waals surface area contributed by atoms with Crippen molar-refractivity contribution < 1.29 is 13.4 Å². The molecule has 0 aliphatic rings. The Morgan fingerprint density at radius 2 is 1.00 bits per heavy atom. The number of para-hydroxylation sites is 3. The minimum absolute atomic E-state index is 0.0605. The Morgan fingerprint density at radius 3 is 1.64 bits per heavy atom. The summed E-state index contributed by atoms with van der Waals surface area (Å²) in [6.45, 7) is 9.00. The van der Waals surface area contributed by atoms with Crippen molar-refractivity contribution in [2.24, 2.45) is 0 Å². The maximum absolute atomic E-state index is 9.20. The Bertz CT molecular complexity index is 4840. The van der Waals surface area contributed by atoms with Crippen LogP contribution in [0, 0.1) is 13.2 Å². The number of benzene rings is 11. The first-order valence-electron chi connectivity index (χ1n) is 31.0. The largest absolute Gasteiger partial charge is 0.458 e. The number of pyridine rings is 1. The van der Waals surface area contributed by atoms with Crippen molar-refractivity contribution in [1.29, 1.82) is 0 Å². The first kappa shape index (κ1) is 50.6. The van der Waals surface area contributed by atoms with Gasteiger partial charge in [-0.1, -0.05) is 280 Å². The summed E-state index contributed by atoms with van der Waals surface area (Å²) in [5.41, 5.74) is 10.3. The van der Waals surface area contributed by atoms with E-state index in [0.29, 0.717) is 11.5 Å². The van der Waals surface area contributed by atoms with Crippen LogP contribution in [0.1, 0.15) is 36.0 Å². The number of ether oxygens (including phenoxy) is 1. The molecule has 0 atom stereocenters. The first-order chi connectivity index (χ1) is 43.1. The molecule has 0 aliphatic carbocycles. The topological polar surface area (TPSA) is 35.9 Å². The van der Waals surface area contributed by atoms with Crippen LogP contribution in [0.5, 0.6) is 11.5 Å². The average molecular weight is 1150 g/mol.